The topological polar surface area (TPSA) is 51.2 Å². The van der Waals surface area contributed by atoms with E-state index in [2.05, 4.69) is 0 Å². The van der Waals surface area contributed by atoms with Gasteiger partial charge in [-0.05, 0) is 23.6 Å². The van der Waals surface area contributed by atoms with Crippen molar-refractivity contribution in [1.29, 1.82) is 0 Å². The van der Waals surface area contributed by atoms with Crippen molar-refractivity contribution in [2.45, 2.75) is 17.7 Å². The maximum Gasteiger partial charge on any atom is 0.179 e. The second kappa shape index (κ2) is 2.92. The van der Waals surface area contributed by atoms with Gasteiger partial charge in [-0.1, -0.05) is 13.0 Å². The van der Waals surface area contributed by atoms with Crippen LogP contribution in [-0.2, 0) is 9.84 Å². The quantitative estimate of drug-likeness (QED) is 0.658. The first-order chi connectivity index (χ1) is 6.54. The van der Waals surface area contributed by atoms with Crippen LogP contribution in [-0.4, -0.2) is 20.5 Å². The number of fused-ring (bicyclic) bond motifs is 1. The zero-order valence-corrected chi connectivity index (χ0v) is 8.54. The normalized spacial score (nSPS) is 23.1. The van der Waals surface area contributed by atoms with Gasteiger partial charge in [-0.2, -0.15) is 0 Å². The highest BCUT2D eigenvalue weighted by molar-refractivity contribution is 7.91. The molecule has 0 bridgehead atoms. The smallest absolute Gasteiger partial charge is 0.179 e. The fourth-order valence-electron chi connectivity index (χ4n) is 1.82. The highest BCUT2D eigenvalue weighted by Crippen LogP contribution is 2.34. The summed E-state index contributed by atoms with van der Waals surface area (Å²) in [6, 6.07) is 4.73. The first kappa shape index (κ1) is 9.40. The molecule has 1 atom stereocenters. The van der Waals surface area contributed by atoms with Crippen molar-refractivity contribution in [1.82, 2.24) is 0 Å². The van der Waals surface area contributed by atoms with Crippen molar-refractivity contribution in [3.05, 3.63) is 29.3 Å². The van der Waals surface area contributed by atoms with Crippen molar-refractivity contribution in [2.24, 2.45) is 0 Å². The predicted molar refractivity (Wildman–Crippen MR) is 52.3 cm³/mol. The highest BCUT2D eigenvalue weighted by Gasteiger charge is 2.31. The monoisotopic (exact) mass is 210 g/mol. The minimum absolute atomic E-state index is 0.00472. The molecule has 4 heteroatoms. The molecule has 2 rings (SSSR count). The van der Waals surface area contributed by atoms with Crippen LogP contribution in [0, 0.1) is 0 Å². The van der Waals surface area contributed by atoms with Crippen LogP contribution in [0.1, 0.15) is 28.8 Å². The summed E-state index contributed by atoms with van der Waals surface area (Å²) in [5, 5.41) is 0. The fraction of sp³-hybridized carbons (Fsp3) is 0.300. The second-order valence-corrected chi connectivity index (χ2v) is 5.60. The third-order valence-electron chi connectivity index (χ3n) is 2.51. The van der Waals surface area contributed by atoms with Crippen LogP contribution >= 0.6 is 0 Å². The third-order valence-corrected chi connectivity index (χ3v) is 4.49. The van der Waals surface area contributed by atoms with Crippen LogP contribution in [0.5, 0.6) is 0 Å². The predicted octanol–water partition coefficient (Wildman–Crippen LogP) is 1.39. The summed E-state index contributed by atoms with van der Waals surface area (Å²) in [6.45, 7) is 1.86. The van der Waals surface area contributed by atoms with E-state index in [0.29, 0.717) is 10.5 Å². The first-order valence-corrected chi connectivity index (χ1v) is 6.02. The number of hydrogen-bond donors (Lipinski definition) is 0. The Hall–Kier alpha value is -1.16. The molecule has 0 aliphatic carbocycles. The van der Waals surface area contributed by atoms with E-state index in [1.54, 1.807) is 12.1 Å². The summed E-state index contributed by atoms with van der Waals surface area (Å²) >= 11 is 0. The summed E-state index contributed by atoms with van der Waals surface area (Å²) in [6.07, 6.45) is 0.734. The highest BCUT2D eigenvalue weighted by atomic mass is 32.2. The molecule has 0 radical (unpaired) electrons. The molecule has 1 aliphatic heterocycles. The lowest BCUT2D eigenvalue weighted by atomic mass is 10.0. The maximum atomic E-state index is 11.6. The minimum atomic E-state index is -3.10. The Balaban J connectivity index is 2.69. The van der Waals surface area contributed by atoms with Crippen LogP contribution in [0.25, 0.3) is 0 Å². The van der Waals surface area contributed by atoms with E-state index in [-0.39, 0.29) is 11.7 Å². The molecule has 1 aromatic rings. The lowest BCUT2D eigenvalue weighted by Gasteiger charge is -2.01. The molecule has 0 N–H and O–H groups in total. The van der Waals surface area contributed by atoms with E-state index >= 15 is 0 Å². The van der Waals surface area contributed by atoms with Crippen LogP contribution in [0.15, 0.2) is 23.1 Å². The molecule has 74 valence electrons. The maximum absolute atomic E-state index is 11.6. The molecule has 14 heavy (non-hydrogen) atoms. The first-order valence-electron chi connectivity index (χ1n) is 4.36. The molecule has 0 saturated carbocycles. The molecular weight excluding hydrogens is 200 g/mol. The molecule has 0 amide bonds. The lowest BCUT2D eigenvalue weighted by Crippen LogP contribution is -2.00. The van der Waals surface area contributed by atoms with Gasteiger partial charge in [0.2, 0.25) is 0 Å². The van der Waals surface area contributed by atoms with Crippen LogP contribution < -0.4 is 0 Å². The largest absolute Gasteiger partial charge is 0.298 e. The van der Waals surface area contributed by atoms with Crippen molar-refractivity contribution >= 4 is 16.1 Å². The van der Waals surface area contributed by atoms with Crippen molar-refractivity contribution in [2.75, 3.05) is 5.75 Å². The Morgan fingerprint density at radius 3 is 2.79 bits per heavy atom. The van der Waals surface area contributed by atoms with Gasteiger partial charge in [-0.3, -0.25) is 4.79 Å². The second-order valence-electron chi connectivity index (χ2n) is 3.60. The Morgan fingerprint density at radius 2 is 2.14 bits per heavy atom. The van der Waals surface area contributed by atoms with Gasteiger partial charge in [0.1, 0.15) is 6.29 Å². The SMILES string of the molecule is CC1CS(=O)(=O)c2ccc(C=O)cc21. The number of rotatable bonds is 1. The van der Waals surface area contributed by atoms with Crippen LogP contribution in [0.4, 0.5) is 0 Å². The van der Waals surface area contributed by atoms with E-state index in [9.17, 15) is 13.2 Å². The molecule has 0 fully saturated rings. The summed E-state index contributed by atoms with van der Waals surface area (Å²) in [5.74, 6) is 0.153. The number of carbonyl (C=O) groups excluding carboxylic acids is 1. The summed E-state index contributed by atoms with van der Waals surface area (Å²) in [7, 11) is -3.10. The van der Waals surface area contributed by atoms with Gasteiger partial charge in [0, 0.05) is 5.56 Å². The third kappa shape index (κ3) is 1.26. The molecular formula is C10H10O3S. The molecule has 1 aromatic carbocycles. The van der Waals surface area contributed by atoms with Crippen molar-refractivity contribution < 1.29 is 13.2 Å². The van der Waals surface area contributed by atoms with Gasteiger partial charge in [-0.25, -0.2) is 8.42 Å². The molecule has 3 nitrogen and oxygen atoms in total. The van der Waals surface area contributed by atoms with E-state index in [0.717, 1.165) is 11.8 Å². The number of sulfone groups is 1. The zero-order chi connectivity index (χ0) is 10.3. The van der Waals surface area contributed by atoms with Crippen molar-refractivity contribution in [3.63, 3.8) is 0 Å². The van der Waals surface area contributed by atoms with Gasteiger partial charge in [-0.15, -0.1) is 0 Å². The van der Waals surface area contributed by atoms with Gasteiger partial charge in [0.15, 0.2) is 9.84 Å². The molecule has 0 aromatic heterocycles. The number of carbonyl (C=O) groups is 1. The Labute approximate surface area is 82.7 Å². The minimum Gasteiger partial charge on any atom is -0.298 e. The van der Waals surface area contributed by atoms with Gasteiger partial charge >= 0.3 is 0 Å². The average Bonchev–Trinajstić information content (AvgIpc) is 2.37. The molecule has 0 saturated heterocycles. The molecule has 1 unspecified atom stereocenters. The van der Waals surface area contributed by atoms with E-state index in [4.69, 9.17) is 0 Å². The molecule has 0 spiro atoms. The Bertz CT molecular complexity index is 488. The molecule has 1 aliphatic rings. The summed E-state index contributed by atoms with van der Waals surface area (Å²) in [5.41, 5.74) is 1.31. The average molecular weight is 210 g/mol. The van der Waals surface area contributed by atoms with Gasteiger partial charge < -0.3 is 0 Å². The number of hydrogen-bond acceptors (Lipinski definition) is 3. The fourth-order valence-corrected chi connectivity index (χ4v) is 3.73. The van der Waals surface area contributed by atoms with E-state index < -0.39 is 9.84 Å². The summed E-state index contributed by atoms with van der Waals surface area (Å²) in [4.78, 5) is 10.9. The van der Waals surface area contributed by atoms with Crippen molar-refractivity contribution in [3.8, 4) is 0 Å². The van der Waals surface area contributed by atoms with Crippen LogP contribution in [0.2, 0.25) is 0 Å². The Kier molecular flexibility index (Phi) is 1.96. The van der Waals surface area contributed by atoms with E-state index in [1.807, 2.05) is 6.92 Å². The Morgan fingerprint density at radius 1 is 1.43 bits per heavy atom. The molecule has 1 heterocycles. The number of aldehydes is 1. The van der Waals surface area contributed by atoms with Gasteiger partial charge in [0.05, 0.1) is 10.6 Å². The zero-order valence-electron chi connectivity index (χ0n) is 7.73. The standard InChI is InChI=1S/C10H10O3S/c1-7-6-14(12,13)10-3-2-8(5-11)4-9(7)10/h2-5,7H,6H2,1H3. The van der Waals surface area contributed by atoms with E-state index in [1.165, 1.54) is 6.07 Å². The summed E-state index contributed by atoms with van der Waals surface area (Å²) < 4.78 is 23.1. The van der Waals surface area contributed by atoms with Crippen LogP contribution in [0.3, 0.4) is 0 Å². The van der Waals surface area contributed by atoms with Gasteiger partial charge in [0.25, 0.3) is 0 Å². The lowest BCUT2D eigenvalue weighted by molar-refractivity contribution is 0.112. The number of benzene rings is 1.